The second-order valence-corrected chi connectivity index (χ2v) is 6.94. The lowest BCUT2D eigenvalue weighted by Crippen LogP contribution is -2.02. The van der Waals surface area contributed by atoms with Crippen LogP contribution in [0.3, 0.4) is 0 Å². The van der Waals surface area contributed by atoms with Crippen LogP contribution in [0.4, 0.5) is 0 Å². The van der Waals surface area contributed by atoms with Crippen molar-refractivity contribution in [1.82, 2.24) is 19.7 Å². The van der Waals surface area contributed by atoms with E-state index in [2.05, 4.69) is 64.7 Å². The van der Waals surface area contributed by atoms with E-state index in [1.807, 2.05) is 18.2 Å². The molecule has 0 aliphatic heterocycles. The second-order valence-electron chi connectivity index (χ2n) is 5.96. The first-order chi connectivity index (χ1) is 12.3. The molecule has 0 saturated heterocycles. The van der Waals surface area contributed by atoms with E-state index in [4.69, 9.17) is 4.98 Å². The maximum Gasteiger partial charge on any atom is 0.211 e. The van der Waals surface area contributed by atoms with Crippen molar-refractivity contribution in [3.05, 3.63) is 72.3 Å². The molecule has 2 aromatic heterocycles. The first-order valence-electron chi connectivity index (χ1n) is 8.17. The van der Waals surface area contributed by atoms with E-state index < -0.39 is 0 Å². The Morgan fingerprint density at radius 2 is 1.88 bits per heavy atom. The Balaban J connectivity index is 1.88. The second kappa shape index (κ2) is 6.69. The van der Waals surface area contributed by atoms with E-state index in [1.165, 1.54) is 11.1 Å². The lowest BCUT2D eigenvalue weighted by molar-refractivity contribution is 0.814. The zero-order chi connectivity index (χ0) is 17.2. The van der Waals surface area contributed by atoms with Gasteiger partial charge in [-0.05, 0) is 18.6 Å². The average molecular weight is 346 g/mol. The van der Waals surface area contributed by atoms with Gasteiger partial charge in [-0.2, -0.15) is 0 Å². The number of rotatable bonds is 5. The SMILES string of the molecule is C=CCSc1nnc2c3ccccc3n(Cc3ccc(C)cc3)c2n1. The highest BCUT2D eigenvalue weighted by Gasteiger charge is 2.14. The van der Waals surface area contributed by atoms with Crippen LogP contribution in [0, 0.1) is 6.92 Å². The van der Waals surface area contributed by atoms with E-state index in [-0.39, 0.29) is 0 Å². The third kappa shape index (κ3) is 3.03. The molecule has 0 aliphatic carbocycles. The van der Waals surface area contributed by atoms with Gasteiger partial charge in [0.25, 0.3) is 0 Å². The number of thioether (sulfide) groups is 1. The molecule has 2 heterocycles. The highest BCUT2D eigenvalue weighted by Crippen LogP contribution is 2.28. The van der Waals surface area contributed by atoms with Crippen LogP contribution in [-0.4, -0.2) is 25.5 Å². The third-order valence-electron chi connectivity index (χ3n) is 4.15. The summed E-state index contributed by atoms with van der Waals surface area (Å²) < 4.78 is 2.22. The molecule has 0 amide bonds. The maximum atomic E-state index is 4.77. The third-order valence-corrected chi connectivity index (χ3v) is 4.98. The van der Waals surface area contributed by atoms with Crippen LogP contribution >= 0.6 is 11.8 Å². The fourth-order valence-corrected chi connectivity index (χ4v) is 3.44. The van der Waals surface area contributed by atoms with E-state index in [9.17, 15) is 0 Å². The molecule has 0 fully saturated rings. The summed E-state index contributed by atoms with van der Waals surface area (Å²) in [6.45, 7) is 6.61. The Labute approximate surface area is 150 Å². The topological polar surface area (TPSA) is 43.6 Å². The van der Waals surface area contributed by atoms with Crippen molar-refractivity contribution in [3.8, 4) is 0 Å². The largest absolute Gasteiger partial charge is 0.319 e. The summed E-state index contributed by atoms with van der Waals surface area (Å²) >= 11 is 1.55. The number of aryl methyl sites for hydroxylation is 1. The molecule has 2 aromatic carbocycles. The Hall–Kier alpha value is -2.66. The number of benzene rings is 2. The molecule has 25 heavy (non-hydrogen) atoms. The van der Waals surface area contributed by atoms with Crippen molar-refractivity contribution in [2.45, 2.75) is 18.6 Å². The first-order valence-corrected chi connectivity index (χ1v) is 9.16. The minimum atomic E-state index is 0.681. The Morgan fingerprint density at radius 1 is 1.08 bits per heavy atom. The monoisotopic (exact) mass is 346 g/mol. The van der Waals surface area contributed by atoms with Crippen LogP contribution in [0.5, 0.6) is 0 Å². The van der Waals surface area contributed by atoms with Crippen molar-refractivity contribution in [1.29, 1.82) is 0 Å². The minimum Gasteiger partial charge on any atom is -0.319 e. The van der Waals surface area contributed by atoms with Crippen molar-refractivity contribution < 1.29 is 0 Å². The molecule has 0 atom stereocenters. The summed E-state index contributed by atoms with van der Waals surface area (Å²) in [4.78, 5) is 4.77. The first kappa shape index (κ1) is 15.8. The lowest BCUT2D eigenvalue weighted by atomic mass is 10.1. The molecule has 0 spiro atoms. The highest BCUT2D eigenvalue weighted by molar-refractivity contribution is 7.99. The van der Waals surface area contributed by atoms with Gasteiger partial charge >= 0.3 is 0 Å². The summed E-state index contributed by atoms with van der Waals surface area (Å²) in [6, 6.07) is 16.9. The van der Waals surface area contributed by atoms with Crippen molar-refractivity contribution >= 4 is 33.8 Å². The smallest absolute Gasteiger partial charge is 0.211 e. The van der Waals surface area contributed by atoms with Crippen LogP contribution in [-0.2, 0) is 6.54 Å². The van der Waals surface area contributed by atoms with Gasteiger partial charge in [-0.3, -0.25) is 0 Å². The summed E-state index contributed by atoms with van der Waals surface area (Å²) in [7, 11) is 0. The van der Waals surface area contributed by atoms with Gasteiger partial charge < -0.3 is 4.57 Å². The van der Waals surface area contributed by atoms with Gasteiger partial charge in [-0.15, -0.1) is 16.8 Å². The molecule has 0 aliphatic rings. The van der Waals surface area contributed by atoms with Crippen LogP contribution in [0.25, 0.3) is 22.1 Å². The number of hydrogen-bond donors (Lipinski definition) is 0. The van der Waals surface area contributed by atoms with Crippen LogP contribution in [0.15, 0.2) is 66.3 Å². The summed E-state index contributed by atoms with van der Waals surface area (Å²) in [6.07, 6.45) is 1.85. The van der Waals surface area contributed by atoms with Gasteiger partial charge in [0.05, 0.1) is 5.52 Å². The van der Waals surface area contributed by atoms with E-state index in [0.717, 1.165) is 34.4 Å². The number of para-hydroxylation sites is 1. The lowest BCUT2D eigenvalue weighted by Gasteiger charge is -2.07. The number of hydrogen-bond acceptors (Lipinski definition) is 4. The molecule has 0 N–H and O–H groups in total. The average Bonchev–Trinajstić information content (AvgIpc) is 2.95. The van der Waals surface area contributed by atoms with Crippen molar-refractivity contribution in [2.24, 2.45) is 0 Å². The standard InChI is InChI=1S/C20H18N4S/c1-3-12-25-20-21-19-18(22-23-20)16-6-4-5-7-17(16)24(19)13-15-10-8-14(2)9-11-15/h3-11H,1,12-13H2,2H3. The highest BCUT2D eigenvalue weighted by atomic mass is 32.2. The van der Waals surface area contributed by atoms with Crippen molar-refractivity contribution in [2.75, 3.05) is 5.75 Å². The quantitative estimate of drug-likeness (QED) is 0.391. The van der Waals surface area contributed by atoms with Gasteiger partial charge in [-0.1, -0.05) is 65.9 Å². The van der Waals surface area contributed by atoms with Gasteiger partial charge in [0, 0.05) is 17.7 Å². The Bertz CT molecular complexity index is 1050. The fourth-order valence-electron chi connectivity index (χ4n) is 2.92. The maximum absolute atomic E-state index is 4.77. The van der Waals surface area contributed by atoms with Gasteiger partial charge in [0.2, 0.25) is 5.16 Å². The Morgan fingerprint density at radius 3 is 2.68 bits per heavy atom. The van der Waals surface area contributed by atoms with Crippen LogP contribution in [0.2, 0.25) is 0 Å². The molecule has 4 aromatic rings. The predicted molar refractivity (Wildman–Crippen MR) is 104 cm³/mol. The predicted octanol–water partition coefficient (Wildman–Crippen LogP) is 4.61. The molecule has 4 nitrogen and oxygen atoms in total. The molecule has 5 heteroatoms. The van der Waals surface area contributed by atoms with E-state index >= 15 is 0 Å². The zero-order valence-electron chi connectivity index (χ0n) is 14.0. The summed E-state index contributed by atoms with van der Waals surface area (Å²) in [5.74, 6) is 0.769. The Kier molecular flexibility index (Phi) is 4.24. The normalized spacial score (nSPS) is 11.2. The van der Waals surface area contributed by atoms with Gasteiger partial charge in [0.1, 0.15) is 5.52 Å². The van der Waals surface area contributed by atoms with Crippen LogP contribution in [0.1, 0.15) is 11.1 Å². The molecule has 0 unspecified atom stereocenters. The minimum absolute atomic E-state index is 0.681. The molecular weight excluding hydrogens is 328 g/mol. The summed E-state index contributed by atoms with van der Waals surface area (Å²) in [5, 5.41) is 10.5. The molecular formula is C20H18N4S. The van der Waals surface area contributed by atoms with Gasteiger partial charge in [0.15, 0.2) is 5.65 Å². The fraction of sp³-hybridized carbons (Fsp3) is 0.150. The number of nitrogens with zero attached hydrogens (tertiary/aromatic N) is 4. The van der Waals surface area contributed by atoms with Crippen molar-refractivity contribution in [3.63, 3.8) is 0 Å². The molecule has 124 valence electrons. The number of aromatic nitrogens is 4. The van der Waals surface area contributed by atoms with E-state index in [0.29, 0.717) is 5.16 Å². The number of fused-ring (bicyclic) bond motifs is 3. The van der Waals surface area contributed by atoms with Gasteiger partial charge in [-0.25, -0.2) is 4.98 Å². The molecule has 0 radical (unpaired) electrons. The van der Waals surface area contributed by atoms with Crippen LogP contribution < -0.4 is 0 Å². The summed E-state index contributed by atoms with van der Waals surface area (Å²) in [5.41, 5.74) is 5.37. The molecule has 0 bridgehead atoms. The molecule has 0 saturated carbocycles. The molecule has 4 rings (SSSR count). The zero-order valence-corrected chi connectivity index (χ0v) is 14.8. The van der Waals surface area contributed by atoms with E-state index in [1.54, 1.807) is 11.8 Å².